The summed E-state index contributed by atoms with van der Waals surface area (Å²) in [7, 11) is 0. The highest BCUT2D eigenvalue weighted by atomic mass is 32.2. The topological polar surface area (TPSA) is 88.2 Å². The van der Waals surface area contributed by atoms with Crippen LogP contribution in [-0.2, 0) is 11.3 Å². The van der Waals surface area contributed by atoms with Gasteiger partial charge in [-0.25, -0.2) is 18.4 Å². The van der Waals surface area contributed by atoms with Gasteiger partial charge in [0.25, 0.3) is 0 Å². The number of hydrogen-bond donors (Lipinski definition) is 2. The van der Waals surface area contributed by atoms with Crippen molar-refractivity contribution in [2.24, 2.45) is 0 Å². The number of carboxylic acid groups (broad SMARTS) is 1. The number of benzene rings is 1. The Morgan fingerprint density at radius 1 is 1.39 bits per heavy atom. The molecule has 0 radical (unpaired) electrons. The molecule has 1 atom stereocenters. The fraction of sp³-hybridized carbons (Fsp3) is 0.357. The Balaban J connectivity index is 2.39. The molecule has 6 nitrogen and oxygen atoms in total. The largest absolute Gasteiger partial charge is 0.480 e. The number of aromatic nitrogens is 3. The standard InChI is InChI=1S/C14H15F2N3O3S/c1-23-5-4-11(20)14-17-13(18-19(14)7-12(21)22)8-2-3-9(15)10(16)6-8/h2-3,6,11,20H,4-5,7H2,1H3,(H,21,22). The van der Waals surface area contributed by atoms with E-state index in [-0.39, 0.29) is 17.2 Å². The summed E-state index contributed by atoms with van der Waals surface area (Å²) in [6, 6.07) is 3.15. The highest BCUT2D eigenvalue weighted by molar-refractivity contribution is 7.98. The lowest BCUT2D eigenvalue weighted by molar-refractivity contribution is -0.138. The maximum atomic E-state index is 13.3. The lowest BCUT2D eigenvalue weighted by atomic mass is 10.2. The van der Waals surface area contributed by atoms with Crippen LogP contribution in [-0.4, -0.2) is 43.0 Å². The summed E-state index contributed by atoms with van der Waals surface area (Å²) in [5.41, 5.74) is 0.200. The van der Waals surface area contributed by atoms with Crippen molar-refractivity contribution in [3.05, 3.63) is 35.7 Å². The maximum absolute atomic E-state index is 13.3. The molecule has 1 aromatic carbocycles. The van der Waals surface area contributed by atoms with Crippen molar-refractivity contribution in [2.45, 2.75) is 19.1 Å². The molecule has 0 aliphatic heterocycles. The van der Waals surface area contributed by atoms with Gasteiger partial charge in [0.15, 0.2) is 23.3 Å². The van der Waals surface area contributed by atoms with Crippen LogP contribution in [0.3, 0.4) is 0 Å². The summed E-state index contributed by atoms with van der Waals surface area (Å²) in [5.74, 6) is -2.43. The number of carboxylic acids is 1. The van der Waals surface area contributed by atoms with E-state index in [1.165, 1.54) is 17.8 Å². The molecule has 0 aliphatic carbocycles. The van der Waals surface area contributed by atoms with Crippen LogP contribution in [0, 0.1) is 11.6 Å². The van der Waals surface area contributed by atoms with Crippen LogP contribution in [0.15, 0.2) is 18.2 Å². The Morgan fingerprint density at radius 2 is 2.13 bits per heavy atom. The second-order valence-corrected chi connectivity index (χ2v) is 5.76. The summed E-state index contributed by atoms with van der Waals surface area (Å²) < 4.78 is 27.4. The van der Waals surface area contributed by atoms with Crippen LogP contribution in [0.4, 0.5) is 8.78 Å². The molecule has 0 spiro atoms. The molecule has 2 rings (SSSR count). The normalized spacial score (nSPS) is 12.3. The Hall–Kier alpha value is -2.00. The third-order valence-corrected chi connectivity index (χ3v) is 3.70. The molecule has 0 amide bonds. The molecule has 2 N–H and O–H groups in total. The minimum atomic E-state index is -1.15. The number of halogens is 2. The van der Waals surface area contributed by atoms with Gasteiger partial charge < -0.3 is 10.2 Å². The first-order valence-electron chi connectivity index (χ1n) is 6.71. The van der Waals surface area contributed by atoms with Crippen LogP contribution >= 0.6 is 11.8 Å². The zero-order chi connectivity index (χ0) is 17.0. The summed E-state index contributed by atoms with van der Waals surface area (Å²) in [6.07, 6.45) is 1.26. The first kappa shape index (κ1) is 17.4. The van der Waals surface area contributed by atoms with Gasteiger partial charge >= 0.3 is 5.97 Å². The number of hydrogen-bond acceptors (Lipinski definition) is 5. The zero-order valence-corrected chi connectivity index (χ0v) is 13.1. The Morgan fingerprint density at radius 3 is 2.74 bits per heavy atom. The third kappa shape index (κ3) is 4.26. The van der Waals surface area contributed by atoms with Crippen molar-refractivity contribution in [3.8, 4) is 11.4 Å². The molecule has 1 aromatic heterocycles. The van der Waals surface area contributed by atoms with Crippen LogP contribution < -0.4 is 0 Å². The molecule has 0 bridgehead atoms. The molecule has 0 saturated heterocycles. The Bertz CT molecular complexity index is 709. The van der Waals surface area contributed by atoms with E-state index in [0.29, 0.717) is 12.2 Å². The molecule has 2 aromatic rings. The average molecular weight is 343 g/mol. The first-order valence-corrected chi connectivity index (χ1v) is 8.10. The van der Waals surface area contributed by atoms with Crippen LogP contribution in [0.5, 0.6) is 0 Å². The smallest absolute Gasteiger partial charge is 0.325 e. The second-order valence-electron chi connectivity index (χ2n) is 4.77. The van der Waals surface area contributed by atoms with E-state index < -0.39 is 30.3 Å². The van der Waals surface area contributed by atoms with Gasteiger partial charge in [-0.05, 0) is 36.6 Å². The highest BCUT2D eigenvalue weighted by Gasteiger charge is 2.20. The van der Waals surface area contributed by atoms with E-state index in [1.54, 1.807) is 0 Å². The molecular formula is C14H15F2N3O3S. The highest BCUT2D eigenvalue weighted by Crippen LogP contribution is 2.23. The minimum absolute atomic E-state index is 0.0309. The summed E-state index contributed by atoms with van der Waals surface area (Å²) in [5, 5.41) is 23.1. The number of thioether (sulfide) groups is 1. The van der Waals surface area contributed by atoms with Gasteiger partial charge in [0.1, 0.15) is 12.6 Å². The molecule has 1 unspecified atom stereocenters. The molecule has 9 heteroatoms. The van der Waals surface area contributed by atoms with Crippen LogP contribution in [0.25, 0.3) is 11.4 Å². The molecule has 124 valence electrons. The Labute approximate surface area is 135 Å². The SMILES string of the molecule is CSCCC(O)c1nc(-c2ccc(F)c(F)c2)nn1CC(=O)O. The molecule has 0 saturated carbocycles. The molecule has 0 fully saturated rings. The maximum Gasteiger partial charge on any atom is 0.325 e. The zero-order valence-electron chi connectivity index (χ0n) is 12.2. The molecule has 0 aliphatic rings. The van der Waals surface area contributed by atoms with Gasteiger partial charge in [0.05, 0.1) is 0 Å². The van der Waals surface area contributed by atoms with E-state index in [4.69, 9.17) is 5.11 Å². The van der Waals surface area contributed by atoms with Crippen molar-refractivity contribution in [1.29, 1.82) is 0 Å². The molecule has 23 heavy (non-hydrogen) atoms. The van der Waals surface area contributed by atoms with Crippen LogP contribution in [0.1, 0.15) is 18.3 Å². The quantitative estimate of drug-likeness (QED) is 0.800. The number of rotatable bonds is 7. The lowest BCUT2D eigenvalue weighted by Gasteiger charge is -2.09. The van der Waals surface area contributed by atoms with Gasteiger partial charge in [0, 0.05) is 5.56 Å². The predicted octanol–water partition coefficient (Wildman–Crippen LogP) is 2.09. The average Bonchev–Trinajstić information content (AvgIpc) is 2.90. The minimum Gasteiger partial charge on any atom is -0.480 e. The Kier molecular flexibility index (Phi) is 5.67. The van der Waals surface area contributed by atoms with E-state index in [1.807, 2.05) is 6.26 Å². The predicted molar refractivity (Wildman–Crippen MR) is 81.0 cm³/mol. The first-order chi connectivity index (χ1) is 10.9. The summed E-state index contributed by atoms with van der Waals surface area (Å²) in [6.45, 7) is -0.484. The number of aliphatic hydroxyl groups is 1. The number of aliphatic hydroxyl groups excluding tert-OH is 1. The van der Waals surface area contributed by atoms with Gasteiger partial charge in [-0.2, -0.15) is 16.9 Å². The second kappa shape index (κ2) is 7.51. The molecular weight excluding hydrogens is 328 g/mol. The van der Waals surface area contributed by atoms with Crippen molar-refractivity contribution >= 4 is 17.7 Å². The summed E-state index contributed by atoms with van der Waals surface area (Å²) >= 11 is 1.53. The van der Waals surface area contributed by atoms with Crippen molar-refractivity contribution < 1.29 is 23.8 Å². The number of carbonyl (C=O) groups is 1. The van der Waals surface area contributed by atoms with E-state index >= 15 is 0 Å². The third-order valence-electron chi connectivity index (χ3n) is 3.06. The lowest BCUT2D eigenvalue weighted by Crippen LogP contribution is -2.16. The molecule has 1 heterocycles. The fourth-order valence-corrected chi connectivity index (χ4v) is 2.42. The monoisotopic (exact) mass is 343 g/mol. The van der Waals surface area contributed by atoms with Gasteiger partial charge in [-0.15, -0.1) is 0 Å². The van der Waals surface area contributed by atoms with Gasteiger partial charge in [-0.3, -0.25) is 4.79 Å². The number of nitrogens with zero attached hydrogens (tertiary/aromatic N) is 3. The van der Waals surface area contributed by atoms with Gasteiger partial charge in [0.2, 0.25) is 0 Å². The van der Waals surface area contributed by atoms with E-state index in [9.17, 15) is 18.7 Å². The summed E-state index contributed by atoms with van der Waals surface area (Å²) in [4.78, 5) is 15.0. The fourth-order valence-electron chi connectivity index (χ4n) is 1.96. The number of aliphatic carboxylic acids is 1. The van der Waals surface area contributed by atoms with Crippen molar-refractivity contribution in [3.63, 3.8) is 0 Å². The van der Waals surface area contributed by atoms with Crippen molar-refractivity contribution in [1.82, 2.24) is 14.8 Å². The van der Waals surface area contributed by atoms with Gasteiger partial charge in [-0.1, -0.05) is 0 Å². The van der Waals surface area contributed by atoms with Crippen molar-refractivity contribution in [2.75, 3.05) is 12.0 Å². The van der Waals surface area contributed by atoms with E-state index in [0.717, 1.165) is 16.8 Å². The van der Waals surface area contributed by atoms with Crippen LogP contribution in [0.2, 0.25) is 0 Å². The van der Waals surface area contributed by atoms with E-state index in [2.05, 4.69) is 10.1 Å².